The lowest BCUT2D eigenvalue weighted by Gasteiger charge is -2.15. The van der Waals surface area contributed by atoms with Crippen LogP contribution in [0.3, 0.4) is 0 Å². The van der Waals surface area contributed by atoms with Crippen molar-refractivity contribution in [3.63, 3.8) is 0 Å². The van der Waals surface area contributed by atoms with E-state index in [0.717, 1.165) is 17.4 Å². The third-order valence-corrected chi connectivity index (χ3v) is 4.43. The Morgan fingerprint density at radius 1 is 0.850 bits per heavy atom. The monoisotopic (exact) mass is 260 g/mol. The fourth-order valence-electron chi connectivity index (χ4n) is 3.34. The van der Waals surface area contributed by atoms with E-state index in [-0.39, 0.29) is 0 Å². The Hall–Kier alpha value is -2.28. The van der Waals surface area contributed by atoms with Crippen LogP contribution in [0.5, 0.6) is 5.75 Å². The number of aryl methyl sites for hydroxylation is 2. The highest BCUT2D eigenvalue weighted by Gasteiger charge is 2.13. The molecule has 4 aromatic carbocycles. The molecule has 0 saturated carbocycles. The van der Waals surface area contributed by atoms with Crippen molar-refractivity contribution in [2.75, 3.05) is 0 Å². The number of rotatable bonds is 1. The van der Waals surface area contributed by atoms with Crippen LogP contribution in [0.1, 0.15) is 18.1 Å². The van der Waals surface area contributed by atoms with Gasteiger partial charge in [0.15, 0.2) is 0 Å². The lowest BCUT2D eigenvalue weighted by molar-refractivity contribution is 0.475. The molecule has 0 fully saturated rings. The smallest absolute Gasteiger partial charge is 0.126 e. The van der Waals surface area contributed by atoms with Gasteiger partial charge >= 0.3 is 0 Å². The van der Waals surface area contributed by atoms with Crippen LogP contribution in [0.15, 0.2) is 42.5 Å². The van der Waals surface area contributed by atoms with Crippen LogP contribution in [0.4, 0.5) is 0 Å². The summed E-state index contributed by atoms with van der Waals surface area (Å²) >= 11 is 0. The third kappa shape index (κ3) is 1.32. The summed E-state index contributed by atoms with van der Waals surface area (Å²) < 4.78 is 0. The summed E-state index contributed by atoms with van der Waals surface area (Å²) in [6.07, 6.45) is 0.849. The molecule has 0 aliphatic heterocycles. The van der Waals surface area contributed by atoms with E-state index in [1.165, 1.54) is 32.5 Å². The van der Waals surface area contributed by atoms with Gasteiger partial charge in [0.05, 0.1) is 0 Å². The largest absolute Gasteiger partial charge is 0.507 e. The van der Waals surface area contributed by atoms with Crippen LogP contribution in [0.25, 0.3) is 32.3 Å². The standard InChI is InChI=1S/C19H16O/c1-3-12-10-14-7-6-13-5-4-11(2)15-8-9-16(19(12)20)18(14)17(13)15/h4-10,20H,3H2,1-2H3. The summed E-state index contributed by atoms with van der Waals surface area (Å²) in [5, 5.41) is 17.7. The van der Waals surface area contributed by atoms with Crippen molar-refractivity contribution in [3.05, 3.63) is 53.6 Å². The molecule has 0 radical (unpaired) electrons. The predicted octanol–water partition coefficient (Wildman–Crippen LogP) is 5.16. The number of phenolic OH excluding ortho intramolecular Hbond substituents is 1. The first kappa shape index (κ1) is 11.5. The van der Waals surface area contributed by atoms with Crippen molar-refractivity contribution in [3.8, 4) is 5.75 Å². The third-order valence-electron chi connectivity index (χ3n) is 4.43. The Balaban J connectivity index is 2.37. The Morgan fingerprint density at radius 3 is 2.30 bits per heavy atom. The van der Waals surface area contributed by atoms with Gasteiger partial charge in [0.1, 0.15) is 5.75 Å². The molecule has 1 N–H and O–H groups in total. The van der Waals surface area contributed by atoms with Crippen molar-refractivity contribution in [2.24, 2.45) is 0 Å². The minimum absolute atomic E-state index is 0.441. The molecule has 0 unspecified atom stereocenters. The van der Waals surface area contributed by atoms with Gasteiger partial charge in [0.25, 0.3) is 0 Å². The molecule has 20 heavy (non-hydrogen) atoms. The van der Waals surface area contributed by atoms with Crippen LogP contribution in [0.2, 0.25) is 0 Å². The van der Waals surface area contributed by atoms with Crippen LogP contribution in [-0.4, -0.2) is 5.11 Å². The van der Waals surface area contributed by atoms with Gasteiger partial charge in [-0.3, -0.25) is 0 Å². The van der Waals surface area contributed by atoms with E-state index >= 15 is 0 Å². The summed E-state index contributed by atoms with van der Waals surface area (Å²) in [5.74, 6) is 0.441. The number of hydrogen-bond acceptors (Lipinski definition) is 1. The topological polar surface area (TPSA) is 20.2 Å². The second kappa shape index (κ2) is 3.86. The fourth-order valence-corrected chi connectivity index (χ4v) is 3.34. The van der Waals surface area contributed by atoms with E-state index < -0.39 is 0 Å². The lowest BCUT2D eigenvalue weighted by atomic mass is 9.90. The van der Waals surface area contributed by atoms with Gasteiger partial charge in [-0.1, -0.05) is 37.3 Å². The van der Waals surface area contributed by atoms with Gasteiger partial charge in [0, 0.05) is 10.8 Å². The lowest BCUT2D eigenvalue weighted by Crippen LogP contribution is -1.89. The number of hydrogen-bond donors (Lipinski definition) is 1. The summed E-state index contributed by atoms with van der Waals surface area (Å²) in [6.45, 7) is 4.22. The molecule has 1 nitrogen and oxygen atoms in total. The molecule has 1 heteroatoms. The van der Waals surface area contributed by atoms with E-state index in [1.54, 1.807) is 0 Å². The highest BCUT2D eigenvalue weighted by molar-refractivity contribution is 6.24. The van der Waals surface area contributed by atoms with E-state index in [2.05, 4.69) is 56.3 Å². The first-order chi connectivity index (χ1) is 9.70. The van der Waals surface area contributed by atoms with Crippen LogP contribution in [-0.2, 0) is 6.42 Å². The maximum Gasteiger partial charge on any atom is 0.126 e. The highest BCUT2D eigenvalue weighted by atomic mass is 16.3. The average Bonchev–Trinajstić information content (AvgIpc) is 2.48. The second-order valence-electron chi connectivity index (χ2n) is 5.54. The van der Waals surface area contributed by atoms with E-state index in [0.29, 0.717) is 5.75 Å². The number of benzene rings is 4. The number of phenols is 1. The van der Waals surface area contributed by atoms with Gasteiger partial charge in [-0.2, -0.15) is 0 Å². The van der Waals surface area contributed by atoms with E-state index in [9.17, 15) is 5.11 Å². The van der Waals surface area contributed by atoms with Crippen molar-refractivity contribution < 1.29 is 5.11 Å². The minimum atomic E-state index is 0.441. The molecule has 4 rings (SSSR count). The molecule has 0 aliphatic rings. The SMILES string of the molecule is CCc1cc2ccc3ccc(C)c4ccc(c1O)c2c34. The predicted molar refractivity (Wildman–Crippen MR) is 85.9 cm³/mol. The Labute approximate surface area is 117 Å². The first-order valence-electron chi connectivity index (χ1n) is 7.09. The fraction of sp³-hybridized carbons (Fsp3) is 0.158. The zero-order valence-electron chi connectivity index (χ0n) is 11.7. The van der Waals surface area contributed by atoms with Crippen LogP contribution in [0, 0.1) is 6.92 Å². The van der Waals surface area contributed by atoms with Crippen molar-refractivity contribution in [2.45, 2.75) is 20.3 Å². The van der Waals surface area contributed by atoms with Crippen molar-refractivity contribution in [1.82, 2.24) is 0 Å². The second-order valence-corrected chi connectivity index (χ2v) is 5.54. The molecular formula is C19H16O. The number of aromatic hydroxyl groups is 1. The molecule has 0 aliphatic carbocycles. The molecule has 0 aromatic heterocycles. The van der Waals surface area contributed by atoms with Gasteiger partial charge in [-0.15, -0.1) is 0 Å². The van der Waals surface area contributed by atoms with E-state index in [4.69, 9.17) is 0 Å². The quantitative estimate of drug-likeness (QED) is 0.469. The van der Waals surface area contributed by atoms with Gasteiger partial charge in [-0.25, -0.2) is 0 Å². The Morgan fingerprint density at radius 2 is 1.50 bits per heavy atom. The zero-order valence-corrected chi connectivity index (χ0v) is 11.7. The zero-order chi connectivity index (χ0) is 13.9. The molecule has 0 heterocycles. The summed E-state index contributed by atoms with van der Waals surface area (Å²) in [5.41, 5.74) is 2.30. The maximum atomic E-state index is 10.5. The summed E-state index contributed by atoms with van der Waals surface area (Å²) in [7, 11) is 0. The molecule has 0 spiro atoms. The molecular weight excluding hydrogens is 244 g/mol. The van der Waals surface area contributed by atoms with Crippen LogP contribution < -0.4 is 0 Å². The molecule has 0 bridgehead atoms. The van der Waals surface area contributed by atoms with E-state index in [1.807, 2.05) is 0 Å². The first-order valence-corrected chi connectivity index (χ1v) is 7.09. The normalized spacial score (nSPS) is 11.9. The average molecular weight is 260 g/mol. The summed E-state index contributed by atoms with van der Waals surface area (Å²) in [6, 6.07) is 15.0. The maximum absolute atomic E-state index is 10.5. The molecule has 4 aromatic rings. The highest BCUT2D eigenvalue weighted by Crippen LogP contribution is 2.40. The Kier molecular flexibility index (Phi) is 2.23. The molecule has 98 valence electrons. The van der Waals surface area contributed by atoms with Gasteiger partial charge in [0.2, 0.25) is 0 Å². The molecule has 0 saturated heterocycles. The molecule has 0 atom stereocenters. The summed E-state index contributed by atoms with van der Waals surface area (Å²) in [4.78, 5) is 0. The van der Waals surface area contributed by atoms with Gasteiger partial charge in [-0.05, 0) is 58.1 Å². The van der Waals surface area contributed by atoms with Gasteiger partial charge < -0.3 is 5.11 Å². The van der Waals surface area contributed by atoms with Crippen molar-refractivity contribution >= 4 is 32.3 Å². The minimum Gasteiger partial charge on any atom is -0.507 e. The van der Waals surface area contributed by atoms with Crippen LogP contribution >= 0.6 is 0 Å². The van der Waals surface area contributed by atoms with Crippen molar-refractivity contribution in [1.29, 1.82) is 0 Å². The molecule has 0 amide bonds. The Bertz CT molecular complexity index is 950.